The number of aliphatic carboxylic acids is 1. The minimum absolute atomic E-state index is 0.0278. The van der Waals surface area contributed by atoms with Crippen molar-refractivity contribution < 1.29 is 38.9 Å². The summed E-state index contributed by atoms with van der Waals surface area (Å²) in [5.41, 5.74) is 0.936. The number of carboxylic acids is 1. The van der Waals surface area contributed by atoms with Gasteiger partial charge in [-0.1, -0.05) is 35.9 Å². The molecule has 8 heteroatoms. The predicted molar refractivity (Wildman–Crippen MR) is 90.9 cm³/mol. The Morgan fingerprint density at radius 1 is 0.852 bits per heavy atom. The van der Waals surface area contributed by atoms with Crippen LogP contribution >= 0.6 is 0 Å². The molecule has 0 fully saturated rings. The molecule has 0 radical (unpaired) electrons. The Labute approximate surface area is 154 Å². The molecule has 2 atom stereocenters. The van der Waals surface area contributed by atoms with Gasteiger partial charge in [0.25, 0.3) is 0 Å². The van der Waals surface area contributed by atoms with Crippen LogP contribution in [-0.2, 0) is 19.1 Å². The zero-order valence-electron chi connectivity index (χ0n) is 14.2. The summed E-state index contributed by atoms with van der Waals surface area (Å²) in [5, 5.41) is 19.0. The van der Waals surface area contributed by atoms with Crippen LogP contribution in [0.25, 0.3) is 0 Å². The largest absolute Gasteiger partial charge is 0.478 e. The number of carbonyl (C=O) groups excluding carboxylic acids is 3. The average molecular weight is 372 g/mol. The first kappa shape index (κ1) is 19.8. The number of esters is 3. The minimum atomic E-state index is -2.38. The van der Waals surface area contributed by atoms with Gasteiger partial charge in [0.1, 0.15) is 0 Å². The smallest absolute Gasteiger partial charge is 0.348 e. The molecule has 0 aliphatic carbocycles. The molecule has 140 valence electrons. The lowest BCUT2D eigenvalue weighted by Crippen LogP contribution is -2.44. The second kappa shape index (κ2) is 8.72. The molecular formula is C19H16O8. The molecule has 8 nitrogen and oxygen atoms in total. The van der Waals surface area contributed by atoms with Crippen LogP contribution in [0.5, 0.6) is 0 Å². The van der Waals surface area contributed by atoms with Crippen molar-refractivity contribution in [1.29, 1.82) is 0 Å². The van der Waals surface area contributed by atoms with Crippen LogP contribution in [0.4, 0.5) is 0 Å². The SMILES string of the molecule is Cc1ccc(C(=O)OC(=O)C(O)C(OC(=O)c2ccccc2)C(=O)O)cc1. The third-order valence-electron chi connectivity index (χ3n) is 3.50. The van der Waals surface area contributed by atoms with E-state index in [1.165, 1.54) is 36.4 Å². The van der Waals surface area contributed by atoms with Crippen molar-refractivity contribution in [3.8, 4) is 0 Å². The van der Waals surface area contributed by atoms with Gasteiger partial charge < -0.3 is 19.7 Å². The third kappa shape index (κ3) is 5.23. The van der Waals surface area contributed by atoms with E-state index in [1.54, 1.807) is 25.1 Å². The predicted octanol–water partition coefficient (Wildman–Crippen LogP) is 1.35. The summed E-state index contributed by atoms with van der Waals surface area (Å²) < 4.78 is 9.16. The van der Waals surface area contributed by atoms with Crippen molar-refractivity contribution in [2.45, 2.75) is 19.1 Å². The van der Waals surface area contributed by atoms with E-state index in [1.807, 2.05) is 0 Å². The van der Waals surface area contributed by atoms with E-state index in [0.29, 0.717) is 0 Å². The zero-order valence-corrected chi connectivity index (χ0v) is 14.2. The maximum atomic E-state index is 11.9. The quantitative estimate of drug-likeness (QED) is 0.575. The first-order valence-corrected chi connectivity index (χ1v) is 7.79. The molecule has 0 saturated heterocycles. The molecule has 2 aromatic carbocycles. The topological polar surface area (TPSA) is 127 Å². The van der Waals surface area contributed by atoms with Crippen LogP contribution < -0.4 is 0 Å². The summed E-state index contributed by atoms with van der Waals surface area (Å²) in [6.45, 7) is 1.79. The van der Waals surface area contributed by atoms with Gasteiger partial charge in [0.05, 0.1) is 11.1 Å². The van der Waals surface area contributed by atoms with Crippen molar-refractivity contribution in [1.82, 2.24) is 0 Å². The number of hydrogen-bond donors (Lipinski definition) is 2. The van der Waals surface area contributed by atoms with Crippen LogP contribution in [0.1, 0.15) is 26.3 Å². The minimum Gasteiger partial charge on any atom is -0.478 e. The molecular weight excluding hydrogens is 356 g/mol. The maximum absolute atomic E-state index is 11.9. The summed E-state index contributed by atoms with van der Waals surface area (Å²) in [5.74, 6) is -5.45. The Balaban J connectivity index is 2.06. The van der Waals surface area contributed by atoms with Crippen molar-refractivity contribution in [3.63, 3.8) is 0 Å². The van der Waals surface area contributed by atoms with Gasteiger partial charge in [0.2, 0.25) is 12.2 Å². The number of ether oxygens (including phenoxy) is 2. The van der Waals surface area contributed by atoms with Gasteiger partial charge in [-0.25, -0.2) is 19.2 Å². The molecule has 0 aromatic heterocycles. The fourth-order valence-electron chi connectivity index (χ4n) is 2.03. The summed E-state index contributed by atoms with van der Waals surface area (Å²) in [6.07, 6.45) is -4.62. The van der Waals surface area contributed by atoms with E-state index in [2.05, 4.69) is 9.47 Å². The van der Waals surface area contributed by atoms with E-state index >= 15 is 0 Å². The van der Waals surface area contributed by atoms with Crippen molar-refractivity contribution in [2.75, 3.05) is 0 Å². The highest BCUT2D eigenvalue weighted by molar-refractivity contribution is 5.99. The lowest BCUT2D eigenvalue weighted by Gasteiger charge is -2.18. The summed E-state index contributed by atoms with van der Waals surface area (Å²) in [6, 6.07) is 13.4. The Morgan fingerprint density at radius 2 is 1.41 bits per heavy atom. The monoisotopic (exact) mass is 372 g/mol. The Morgan fingerprint density at radius 3 is 1.96 bits per heavy atom. The fraction of sp³-hybridized carbons (Fsp3) is 0.158. The molecule has 27 heavy (non-hydrogen) atoms. The van der Waals surface area contributed by atoms with E-state index in [4.69, 9.17) is 5.11 Å². The molecule has 2 aromatic rings. The van der Waals surface area contributed by atoms with Crippen molar-refractivity contribution >= 4 is 23.9 Å². The van der Waals surface area contributed by atoms with E-state index < -0.39 is 36.1 Å². The molecule has 0 heterocycles. The molecule has 2 unspecified atom stereocenters. The Hall–Kier alpha value is -3.52. The molecule has 0 bridgehead atoms. The molecule has 2 N–H and O–H groups in total. The number of benzene rings is 2. The number of aliphatic hydroxyl groups excluding tert-OH is 1. The molecule has 2 rings (SSSR count). The van der Waals surface area contributed by atoms with E-state index in [9.17, 15) is 24.3 Å². The highest BCUT2D eigenvalue weighted by atomic mass is 16.6. The highest BCUT2D eigenvalue weighted by Crippen LogP contribution is 2.11. The lowest BCUT2D eigenvalue weighted by molar-refractivity contribution is -0.166. The first-order valence-electron chi connectivity index (χ1n) is 7.79. The van der Waals surface area contributed by atoms with Crippen LogP contribution in [-0.4, -0.2) is 46.3 Å². The third-order valence-corrected chi connectivity index (χ3v) is 3.50. The second-order valence-corrected chi connectivity index (χ2v) is 5.55. The van der Waals surface area contributed by atoms with Gasteiger partial charge in [-0.05, 0) is 31.2 Å². The number of hydrogen-bond acceptors (Lipinski definition) is 7. The standard InChI is InChI=1S/C19H16O8/c1-11-7-9-13(10-8-11)18(24)27-19(25)14(20)15(16(21)22)26-17(23)12-5-3-2-4-6-12/h2-10,14-15,20H,1H3,(H,21,22). The average Bonchev–Trinajstić information content (AvgIpc) is 2.66. The number of carboxylic acid groups (broad SMARTS) is 1. The highest BCUT2D eigenvalue weighted by Gasteiger charge is 2.38. The van der Waals surface area contributed by atoms with Gasteiger partial charge in [0.15, 0.2) is 0 Å². The first-order chi connectivity index (χ1) is 12.8. The van der Waals surface area contributed by atoms with Crippen LogP contribution in [0.3, 0.4) is 0 Å². The maximum Gasteiger partial charge on any atom is 0.348 e. The second-order valence-electron chi connectivity index (χ2n) is 5.55. The number of rotatable bonds is 6. The Bertz CT molecular complexity index is 842. The number of aliphatic hydroxyl groups is 1. The lowest BCUT2D eigenvalue weighted by atomic mass is 10.1. The fourth-order valence-corrected chi connectivity index (χ4v) is 2.03. The number of carbonyl (C=O) groups is 4. The van der Waals surface area contributed by atoms with Crippen LogP contribution in [0.2, 0.25) is 0 Å². The van der Waals surface area contributed by atoms with Gasteiger partial charge in [0, 0.05) is 0 Å². The molecule has 0 saturated carbocycles. The van der Waals surface area contributed by atoms with Gasteiger partial charge in [-0.15, -0.1) is 0 Å². The molecule has 0 amide bonds. The summed E-state index contributed by atoms with van der Waals surface area (Å²) >= 11 is 0. The van der Waals surface area contributed by atoms with Gasteiger partial charge >= 0.3 is 23.9 Å². The van der Waals surface area contributed by atoms with Crippen LogP contribution in [0.15, 0.2) is 54.6 Å². The normalized spacial score (nSPS) is 12.5. The zero-order chi connectivity index (χ0) is 20.0. The molecule has 0 spiro atoms. The summed E-state index contributed by atoms with van der Waals surface area (Å²) in [4.78, 5) is 47.0. The number of aryl methyl sites for hydroxylation is 1. The molecule has 0 aliphatic heterocycles. The van der Waals surface area contributed by atoms with Gasteiger partial charge in [-0.3, -0.25) is 0 Å². The van der Waals surface area contributed by atoms with Crippen LogP contribution in [0, 0.1) is 6.92 Å². The van der Waals surface area contributed by atoms with Gasteiger partial charge in [-0.2, -0.15) is 0 Å². The van der Waals surface area contributed by atoms with E-state index in [-0.39, 0.29) is 11.1 Å². The Kier molecular flexibility index (Phi) is 6.40. The molecule has 0 aliphatic rings. The summed E-state index contributed by atoms with van der Waals surface area (Å²) in [7, 11) is 0. The van der Waals surface area contributed by atoms with Crippen molar-refractivity contribution in [3.05, 3.63) is 71.3 Å². The van der Waals surface area contributed by atoms with E-state index in [0.717, 1.165) is 5.56 Å². The van der Waals surface area contributed by atoms with Crippen molar-refractivity contribution in [2.24, 2.45) is 0 Å².